The zero-order valence-electron chi connectivity index (χ0n) is 14.3. The molecule has 0 fully saturated rings. The molecule has 1 aromatic carbocycles. The summed E-state index contributed by atoms with van der Waals surface area (Å²) in [6.45, 7) is 1.51. The number of anilines is 1. The summed E-state index contributed by atoms with van der Waals surface area (Å²) in [7, 11) is 0. The highest BCUT2D eigenvalue weighted by Gasteiger charge is 2.08. The Morgan fingerprint density at radius 2 is 1.85 bits per heavy atom. The maximum absolute atomic E-state index is 4.59. The van der Waals surface area contributed by atoms with Crippen molar-refractivity contribution in [3.63, 3.8) is 0 Å². The Balaban J connectivity index is 1.36. The SMILES string of the molecule is c1ccc(-c2[nH]ncc2CNc2ccn(CCc3ccncc3)n2)cc1. The van der Waals surface area contributed by atoms with Crippen molar-refractivity contribution in [1.82, 2.24) is 25.0 Å². The molecule has 0 spiro atoms. The predicted octanol–water partition coefficient (Wildman–Crippen LogP) is 3.52. The molecule has 3 heterocycles. The van der Waals surface area contributed by atoms with E-state index in [-0.39, 0.29) is 0 Å². The van der Waals surface area contributed by atoms with Gasteiger partial charge in [-0.1, -0.05) is 30.3 Å². The van der Waals surface area contributed by atoms with Gasteiger partial charge in [0.1, 0.15) is 5.82 Å². The monoisotopic (exact) mass is 344 g/mol. The number of aromatic nitrogens is 5. The van der Waals surface area contributed by atoms with Crippen LogP contribution in [0.5, 0.6) is 0 Å². The molecule has 0 saturated heterocycles. The van der Waals surface area contributed by atoms with E-state index in [1.165, 1.54) is 5.56 Å². The third-order valence-corrected chi connectivity index (χ3v) is 4.26. The van der Waals surface area contributed by atoms with Crippen LogP contribution >= 0.6 is 0 Å². The van der Waals surface area contributed by atoms with E-state index in [0.717, 1.165) is 35.6 Å². The zero-order valence-corrected chi connectivity index (χ0v) is 14.3. The molecule has 4 aromatic rings. The number of pyridine rings is 1. The lowest BCUT2D eigenvalue weighted by Gasteiger charge is -2.05. The summed E-state index contributed by atoms with van der Waals surface area (Å²) in [5.41, 5.74) is 4.54. The van der Waals surface area contributed by atoms with E-state index in [2.05, 4.69) is 37.7 Å². The first-order valence-corrected chi connectivity index (χ1v) is 8.62. The first-order chi connectivity index (χ1) is 12.9. The van der Waals surface area contributed by atoms with Crippen molar-refractivity contribution in [2.24, 2.45) is 0 Å². The molecule has 2 N–H and O–H groups in total. The molecule has 0 amide bonds. The van der Waals surface area contributed by atoms with Crippen molar-refractivity contribution in [3.05, 3.63) is 84.4 Å². The summed E-state index contributed by atoms with van der Waals surface area (Å²) < 4.78 is 1.95. The topological polar surface area (TPSA) is 71.4 Å². The maximum atomic E-state index is 4.59. The standard InChI is InChI=1S/C20H20N6/c1-2-4-17(5-3-1)20-18(15-23-24-20)14-22-19-9-13-26(25-19)12-8-16-6-10-21-11-7-16/h1-7,9-11,13,15H,8,12,14H2,(H,22,25)(H,23,24). The van der Waals surface area contributed by atoms with Gasteiger partial charge < -0.3 is 5.32 Å². The Bertz CT molecular complexity index is 943. The minimum Gasteiger partial charge on any atom is -0.364 e. The van der Waals surface area contributed by atoms with E-state index in [1.54, 1.807) is 0 Å². The number of hydrogen-bond donors (Lipinski definition) is 2. The number of rotatable bonds is 7. The zero-order chi connectivity index (χ0) is 17.6. The van der Waals surface area contributed by atoms with Gasteiger partial charge in [-0.15, -0.1) is 0 Å². The fourth-order valence-corrected chi connectivity index (χ4v) is 2.86. The fourth-order valence-electron chi connectivity index (χ4n) is 2.86. The van der Waals surface area contributed by atoms with Gasteiger partial charge in [0.25, 0.3) is 0 Å². The van der Waals surface area contributed by atoms with Gasteiger partial charge in [-0.2, -0.15) is 10.2 Å². The molecule has 3 aromatic heterocycles. The van der Waals surface area contributed by atoms with Crippen LogP contribution in [0, 0.1) is 0 Å². The molecule has 0 atom stereocenters. The van der Waals surface area contributed by atoms with Crippen LogP contribution in [-0.4, -0.2) is 25.0 Å². The average Bonchev–Trinajstić information content (AvgIpc) is 3.35. The lowest BCUT2D eigenvalue weighted by molar-refractivity contribution is 0.616. The second-order valence-electron chi connectivity index (χ2n) is 6.06. The minimum absolute atomic E-state index is 0.669. The van der Waals surface area contributed by atoms with Crippen LogP contribution in [0.2, 0.25) is 0 Å². The van der Waals surface area contributed by atoms with Gasteiger partial charge in [0.05, 0.1) is 11.9 Å². The highest BCUT2D eigenvalue weighted by molar-refractivity contribution is 5.62. The van der Waals surface area contributed by atoms with E-state index >= 15 is 0 Å². The molecular weight excluding hydrogens is 324 g/mol. The van der Waals surface area contributed by atoms with Crippen molar-refractivity contribution in [3.8, 4) is 11.3 Å². The van der Waals surface area contributed by atoms with Crippen LogP contribution in [0.1, 0.15) is 11.1 Å². The van der Waals surface area contributed by atoms with Gasteiger partial charge in [-0.3, -0.25) is 14.8 Å². The summed E-state index contributed by atoms with van der Waals surface area (Å²) in [6.07, 6.45) is 8.43. The molecule has 4 rings (SSSR count). The molecule has 0 unspecified atom stereocenters. The van der Waals surface area contributed by atoms with Crippen molar-refractivity contribution in [2.75, 3.05) is 5.32 Å². The molecule has 0 aliphatic carbocycles. The fraction of sp³-hybridized carbons (Fsp3) is 0.150. The third-order valence-electron chi connectivity index (χ3n) is 4.26. The first-order valence-electron chi connectivity index (χ1n) is 8.62. The van der Waals surface area contributed by atoms with E-state index in [9.17, 15) is 0 Å². The van der Waals surface area contributed by atoms with Crippen LogP contribution in [0.25, 0.3) is 11.3 Å². The largest absolute Gasteiger partial charge is 0.364 e. The molecule has 26 heavy (non-hydrogen) atoms. The Morgan fingerprint density at radius 1 is 1.00 bits per heavy atom. The highest BCUT2D eigenvalue weighted by Crippen LogP contribution is 2.21. The van der Waals surface area contributed by atoms with Crippen LogP contribution in [-0.2, 0) is 19.5 Å². The van der Waals surface area contributed by atoms with Gasteiger partial charge in [0.15, 0.2) is 0 Å². The second kappa shape index (κ2) is 7.65. The third kappa shape index (κ3) is 3.80. The number of aromatic amines is 1. The smallest absolute Gasteiger partial charge is 0.148 e. The normalized spacial score (nSPS) is 10.8. The highest BCUT2D eigenvalue weighted by atomic mass is 15.3. The van der Waals surface area contributed by atoms with Gasteiger partial charge >= 0.3 is 0 Å². The predicted molar refractivity (Wildman–Crippen MR) is 102 cm³/mol. The summed E-state index contributed by atoms with van der Waals surface area (Å²) in [5.74, 6) is 0.861. The van der Waals surface area contributed by atoms with Crippen molar-refractivity contribution >= 4 is 5.82 Å². The van der Waals surface area contributed by atoms with Crippen LogP contribution in [0.3, 0.4) is 0 Å². The molecule has 6 nitrogen and oxygen atoms in total. The maximum Gasteiger partial charge on any atom is 0.148 e. The van der Waals surface area contributed by atoms with Crippen molar-refractivity contribution in [1.29, 1.82) is 0 Å². The number of nitrogens with zero attached hydrogens (tertiary/aromatic N) is 4. The summed E-state index contributed by atoms with van der Waals surface area (Å²) in [4.78, 5) is 4.04. The number of hydrogen-bond acceptors (Lipinski definition) is 4. The summed E-state index contributed by atoms with van der Waals surface area (Å²) in [5, 5.41) is 15.2. The summed E-state index contributed by atoms with van der Waals surface area (Å²) in [6, 6.07) is 16.3. The number of benzene rings is 1. The van der Waals surface area contributed by atoms with Gasteiger partial charge in [-0.05, 0) is 29.7 Å². The Hall–Kier alpha value is -3.41. The molecule has 0 radical (unpaired) electrons. The second-order valence-corrected chi connectivity index (χ2v) is 6.06. The Labute approximate surface area is 151 Å². The number of H-pyrrole nitrogens is 1. The molecular formula is C20H20N6. The Morgan fingerprint density at radius 3 is 2.69 bits per heavy atom. The Kier molecular flexibility index (Phi) is 4.73. The molecule has 0 aliphatic heterocycles. The van der Waals surface area contributed by atoms with E-state index in [1.807, 2.05) is 65.9 Å². The van der Waals surface area contributed by atoms with E-state index in [4.69, 9.17) is 0 Å². The van der Waals surface area contributed by atoms with Crippen LogP contribution < -0.4 is 5.32 Å². The van der Waals surface area contributed by atoms with Crippen LogP contribution in [0.4, 0.5) is 5.82 Å². The molecule has 0 bridgehead atoms. The first kappa shape index (κ1) is 16.1. The molecule has 130 valence electrons. The van der Waals surface area contributed by atoms with Crippen molar-refractivity contribution in [2.45, 2.75) is 19.5 Å². The number of nitrogens with one attached hydrogen (secondary N) is 2. The van der Waals surface area contributed by atoms with E-state index < -0.39 is 0 Å². The lowest BCUT2D eigenvalue weighted by atomic mass is 10.1. The minimum atomic E-state index is 0.669. The van der Waals surface area contributed by atoms with E-state index in [0.29, 0.717) is 6.54 Å². The lowest BCUT2D eigenvalue weighted by Crippen LogP contribution is -2.04. The van der Waals surface area contributed by atoms with Gasteiger partial charge in [0.2, 0.25) is 0 Å². The van der Waals surface area contributed by atoms with Crippen LogP contribution in [0.15, 0.2) is 73.3 Å². The van der Waals surface area contributed by atoms with Crippen molar-refractivity contribution < 1.29 is 0 Å². The summed E-state index contributed by atoms with van der Waals surface area (Å²) >= 11 is 0. The van der Waals surface area contributed by atoms with Gasteiger partial charge in [-0.25, -0.2) is 0 Å². The van der Waals surface area contributed by atoms with Gasteiger partial charge in [0, 0.05) is 43.3 Å². The molecule has 0 aliphatic rings. The number of aryl methyl sites for hydroxylation is 2. The molecule has 6 heteroatoms. The quantitative estimate of drug-likeness (QED) is 0.538. The average molecular weight is 344 g/mol. The molecule has 0 saturated carbocycles.